The average Bonchev–Trinajstić information content (AvgIpc) is 3.04. The van der Waals surface area contributed by atoms with Gasteiger partial charge in [-0.2, -0.15) is 4.98 Å². The van der Waals surface area contributed by atoms with Crippen molar-refractivity contribution in [1.29, 1.82) is 0 Å². The van der Waals surface area contributed by atoms with E-state index in [9.17, 15) is 0 Å². The highest BCUT2D eigenvalue weighted by molar-refractivity contribution is 6.35. The molecule has 2 rings (SSSR count). The fourth-order valence-corrected chi connectivity index (χ4v) is 2.71. The van der Waals surface area contributed by atoms with Crippen LogP contribution >= 0.6 is 23.2 Å². The Morgan fingerprint density at radius 1 is 1.36 bits per heavy atom. The molecular formula is C17H20Cl2N4O2. The third-order valence-corrected chi connectivity index (χ3v) is 4.11. The predicted molar refractivity (Wildman–Crippen MR) is 100 cm³/mol. The van der Waals surface area contributed by atoms with Gasteiger partial charge in [-0.05, 0) is 36.7 Å². The number of aromatic nitrogens is 2. The first-order chi connectivity index (χ1) is 12.0. The van der Waals surface area contributed by atoms with E-state index in [1.165, 1.54) is 0 Å². The third-order valence-electron chi connectivity index (χ3n) is 3.45. The summed E-state index contributed by atoms with van der Waals surface area (Å²) in [4.78, 5) is 6.24. The topological polar surface area (TPSA) is 74.4 Å². The largest absolute Gasteiger partial charge is 0.396 e. The third kappa shape index (κ3) is 4.75. The molecule has 0 saturated carbocycles. The predicted octanol–water partition coefficient (Wildman–Crippen LogP) is 3.56. The number of hydrogen-bond donors (Lipinski definition) is 2. The van der Waals surface area contributed by atoms with Crippen molar-refractivity contribution in [3.05, 3.63) is 52.6 Å². The molecule has 2 N–H and O–H groups in total. The second kappa shape index (κ2) is 8.89. The van der Waals surface area contributed by atoms with E-state index in [0.29, 0.717) is 45.9 Å². The van der Waals surface area contributed by atoms with Gasteiger partial charge in [-0.25, -0.2) is 0 Å². The molecule has 25 heavy (non-hydrogen) atoms. The van der Waals surface area contributed by atoms with Crippen molar-refractivity contribution in [1.82, 2.24) is 20.4 Å². The Morgan fingerprint density at radius 3 is 2.76 bits per heavy atom. The normalized spacial score (nSPS) is 11.5. The number of halogens is 2. The van der Waals surface area contributed by atoms with E-state index in [1.54, 1.807) is 24.5 Å². The highest BCUT2D eigenvalue weighted by atomic mass is 35.5. The van der Waals surface area contributed by atoms with Crippen molar-refractivity contribution in [3.63, 3.8) is 0 Å². The monoisotopic (exact) mass is 382 g/mol. The molecule has 6 nitrogen and oxygen atoms in total. The number of rotatable bonds is 8. The molecule has 0 aliphatic heterocycles. The zero-order valence-electron chi connectivity index (χ0n) is 14.1. The SMILES string of the molecule is C=CN/C=C(/c1nc(-c2cc(Cl)c(CCCO)cc2Cl)no1)N(C)C. The number of aliphatic hydroxyl groups is 1. The minimum Gasteiger partial charge on any atom is -0.396 e. The van der Waals surface area contributed by atoms with Crippen molar-refractivity contribution < 1.29 is 9.63 Å². The van der Waals surface area contributed by atoms with Crippen molar-refractivity contribution in [2.45, 2.75) is 12.8 Å². The van der Waals surface area contributed by atoms with E-state index in [1.807, 2.05) is 19.0 Å². The van der Waals surface area contributed by atoms with Gasteiger partial charge in [-0.3, -0.25) is 0 Å². The van der Waals surface area contributed by atoms with Gasteiger partial charge in [0.1, 0.15) is 5.70 Å². The van der Waals surface area contributed by atoms with Crippen LogP contribution in [0.3, 0.4) is 0 Å². The van der Waals surface area contributed by atoms with Crippen LogP contribution in [0.2, 0.25) is 10.0 Å². The lowest BCUT2D eigenvalue weighted by Gasteiger charge is -2.12. The Balaban J connectivity index is 2.36. The zero-order chi connectivity index (χ0) is 18.4. The van der Waals surface area contributed by atoms with Gasteiger partial charge < -0.3 is 19.8 Å². The first kappa shape index (κ1) is 19.3. The van der Waals surface area contributed by atoms with E-state index >= 15 is 0 Å². The molecule has 8 heteroatoms. The maximum Gasteiger partial charge on any atom is 0.276 e. The molecule has 0 spiro atoms. The summed E-state index contributed by atoms with van der Waals surface area (Å²) in [5.74, 6) is 0.688. The van der Waals surface area contributed by atoms with E-state index in [-0.39, 0.29) is 6.61 Å². The number of benzene rings is 1. The Kier molecular flexibility index (Phi) is 6.87. The van der Waals surface area contributed by atoms with Crippen molar-refractivity contribution in [3.8, 4) is 11.4 Å². The Labute approximate surface area is 156 Å². The standard InChI is InChI=1S/C17H20Cl2N4O2/c1-4-20-10-15(23(2)3)17-21-16(22-25-17)12-9-13(18)11(6-5-7-24)8-14(12)19/h4,8-10,20,24H,1,5-7H2,2-3H3/b15-10-. The maximum atomic E-state index is 8.95. The fraction of sp³-hybridized carbons (Fsp3) is 0.294. The van der Waals surface area contributed by atoms with Crippen LogP contribution < -0.4 is 5.32 Å². The maximum absolute atomic E-state index is 8.95. The zero-order valence-corrected chi connectivity index (χ0v) is 15.6. The van der Waals surface area contributed by atoms with Crippen LogP contribution in [0.15, 0.2) is 35.6 Å². The van der Waals surface area contributed by atoms with Gasteiger partial charge >= 0.3 is 0 Å². The first-order valence-corrected chi connectivity index (χ1v) is 8.41. The van der Waals surface area contributed by atoms with Crippen LogP contribution in [0.1, 0.15) is 17.9 Å². The molecule has 134 valence electrons. The smallest absolute Gasteiger partial charge is 0.276 e. The fourth-order valence-electron chi connectivity index (χ4n) is 2.18. The number of aliphatic hydroxyl groups excluding tert-OH is 1. The van der Waals surface area contributed by atoms with E-state index in [0.717, 1.165) is 5.56 Å². The van der Waals surface area contributed by atoms with Crippen molar-refractivity contribution in [2.75, 3.05) is 20.7 Å². The number of hydrogen-bond acceptors (Lipinski definition) is 6. The molecule has 0 radical (unpaired) electrons. The number of nitrogens with zero attached hydrogens (tertiary/aromatic N) is 3. The average molecular weight is 383 g/mol. The molecule has 2 aromatic rings. The summed E-state index contributed by atoms with van der Waals surface area (Å²) in [7, 11) is 3.72. The Hall–Kier alpha value is -2.02. The molecule has 0 unspecified atom stereocenters. The number of nitrogens with one attached hydrogen (secondary N) is 1. The van der Waals surface area contributed by atoms with Gasteiger partial charge in [-0.15, -0.1) is 0 Å². The van der Waals surface area contributed by atoms with Gasteiger partial charge in [0.2, 0.25) is 5.82 Å². The van der Waals surface area contributed by atoms with Crippen LogP contribution in [-0.4, -0.2) is 40.8 Å². The van der Waals surface area contributed by atoms with Crippen LogP contribution in [0.25, 0.3) is 17.1 Å². The van der Waals surface area contributed by atoms with Gasteiger partial charge in [0.25, 0.3) is 5.89 Å². The number of aryl methyl sites for hydroxylation is 1. The summed E-state index contributed by atoms with van der Waals surface area (Å²) >= 11 is 12.7. The minimum atomic E-state index is 0.0995. The second-order valence-corrected chi connectivity index (χ2v) is 6.28. The quantitative estimate of drug-likeness (QED) is 0.726. The van der Waals surface area contributed by atoms with E-state index in [2.05, 4.69) is 22.0 Å². The molecule has 0 aliphatic carbocycles. The van der Waals surface area contributed by atoms with Gasteiger partial charge in [0, 0.05) is 37.5 Å². The summed E-state index contributed by atoms with van der Waals surface area (Å²) in [6.45, 7) is 3.70. The second-order valence-electron chi connectivity index (χ2n) is 5.47. The van der Waals surface area contributed by atoms with E-state index in [4.69, 9.17) is 32.8 Å². The summed E-state index contributed by atoms with van der Waals surface area (Å²) in [6.07, 6.45) is 4.52. The lowest BCUT2D eigenvalue weighted by Crippen LogP contribution is -2.12. The Morgan fingerprint density at radius 2 is 2.12 bits per heavy atom. The van der Waals surface area contributed by atoms with E-state index < -0.39 is 0 Å². The summed E-state index contributed by atoms with van der Waals surface area (Å²) in [6, 6.07) is 3.49. The van der Waals surface area contributed by atoms with Crippen LogP contribution in [0.4, 0.5) is 0 Å². The first-order valence-electron chi connectivity index (χ1n) is 7.65. The lowest BCUT2D eigenvalue weighted by molar-refractivity contribution is 0.288. The van der Waals surface area contributed by atoms with Crippen molar-refractivity contribution >= 4 is 28.9 Å². The van der Waals surface area contributed by atoms with Crippen LogP contribution in [0, 0.1) is 0 Å². The molecule has 1 aromatic heterocycles. The highest BCUT2D eigenvalue weighted by Crippen LogP contribution is 2.32. The summed E-state index contributed by atoms with van der Waals surface area (Å²) in [5.41, 5.74) is 2.15. The molecule has 0 amide bonds. The molecule has 0 aliphatic rings. The van der Waals surface area contributed by atoms with Crippen LogP contribution in [-0.2, 0) is 6.42 Å². The van der Waals surface area contributed by atoms with Gasteiger partial charge in [0.05, 0.1) is 5.02 Å². The minimum absolute atomic E-state index is 0.0995. The molecule has 0 atom stereocenters. The van der Waals surface area contributed by atoms with Crippen LogP contribution in [0.5, 0.6) is 0 Å². The molecular weight excluding hydrogens is 363 g/mol. The highest BCUT2D eigenvalue weighted by Gasteiger charge is 2.18. The summed E-state index contributed by atoms with van der Waals surface area (Å²) < 4.78 is 5.35. The Bertz CT molecular complexity index is 772. The molecule has 1 heterocycles. The van der Waals surface area contributed by atoms with Gasteiger partial charge in [-0.1, -0.05) is 34.9 Å². The lowest BCUT2D eigenvalue weighted by atomic mass is 10.1. The van der Waals surface area contributed by atoms with Gasteiger partial charge in [0.15, 0.2) is 0 Å². The molecule has 1 aromatic carbocycles. The molecule has 0 saturated heterocycles. The summed E-state index contributed by atoms with van der Waals surface area (Å²) in [5, 5.41) is 16.9. The molecule has 0 fully saturated rings. The molecule has 0 bridgehead atoms. The van der Waals surface area contributed by atoms with Crippen molar-refractivity contribution in [2.24, 2.45) is 0 Å².